The van der Waals surface area contributed by atoms with Crippen molar-refractivity contribution in [3.05, 3.63) is 34.9 Å². The van der Waals surface area contributed by atoms with Crippen LogP contribution in [0.5, 0.6) is 0 Å². The number of carbonyl (C=O) groups is 3. The fourth-order valence-electron chi connectivity index (χ4n) is 4.73. The van der Waals surface area contributed by atoms with Gasteiger partial charge in [-0.25, -0.2) is 0 Å². The molecule has 1 aromatic carbocycles. The molecule has 0 aliphatic carbocycles. The molecule has 1 atom stereocenters. The quantitative estimate of drug-likeness (QED) is 0.797. The normalized spacial score (nSPS) is 24.5. The molecule has 3 heterocycles. The lowest BCUT2D eigenvalue weighted by atomic mass is 9.86. The van der Waals surface area contributed by atoms with Crippen LogP contribution < -0.4 is 5.32 Å². The summed E-state index contributed by atoms with van der Waals surface area (Å²) in [6.45, 7) is 9.42. The van der Waals surface area contributed by atoms with Crippen molar-refractivity contribution in [2.75, 3.05) is 13.1 Å². The zero-order valence-electron chi connectivity index (χ0n) is 17.0. The van der Waals surface area contributed by atoms with Crippen molar-refractivity contribution in [2.45, 2.75) is 70.5 Å². The van der Waals surface area contributed by atoms with Crippen LogP contribution in [0.1, 0.15) is 73.9 Å². The van der Waals surface area contributed by atoms with Crippen molar-refractivity contribution in [1.29, 1.82) is 0 Å². The van der Waals surface area contributed by atoms with E-state index in [4.69, 9.17) is 0 Å². The number of nitrogens with zero attached hydrogens (tertiary/aromatic N) is 2. The van der Waals surface area contributed by atoms with Crippen LogP contribution in [-0.2, 0) is 16.1 Å². The van der Waals surface area contributed by atoms with E-state index in [-0.39, 0.29) is 29.7 Å². The Morgan fingerprint density at radius 2 is 1.75 bits per heavy atom. The number of imide groups is 1. The highest BCUT2D eigenvalue weighted by molar-refractivity contribution is 6.05. The van der Waals surface area contributed by atoms with Gasteiger partial charge in [0.05, 0.1) is 0 Å². The average molecular weight is 383 g/mol. The maximum atomic E-state index is 12.8. The van der Waals surface area contributed by atoms with Gasteiger partial charge in [0.2, 0.25) is 11.8 Å². The predicted octanol–water partition coefficient (Wildman–Crippen LogP) is 2.43. The summed E-state index contributed by atoms with van der Waals surface area (Å²) in [5.41, 5.74) is 3.20. The summed E-state index contributed by atoms with van der Waals surface area (Å²) in [7, 11) is 0. The second-order valence-electron chi connectivity index (χ2n) is 9.25. The summed E-state index contributed by atoms with van der Waals surface area (Å²) in [6, 6.07) is 5.63. The van der Waals surface area contributed by atoms with Crippen molar-refractivity contribution in [2.24, 2.45) is 0 Å². The van der Waals surface area contributed by atoms with Crippen LogP contribution >= 0.6 is 0 Å². The number of nitrogens with one attached hydrogen (secondary N) is 1. The van der Waals surface area contributed by atoms with Gasteiger partial charge in [0, 0.05) is 24.1 Å². The standard InChI is InChI=1S/C22H29N3O3/c1-22(2,3)24-10-8-14(9-11-24)15-4-5-17-16(12-15)13-25(21(17)28)18-6-7-19(26)23-20(18)27/h4-5,12,14,18H,6-11,13H2,1-3H3,(H,23,26,27)/t18-/m0/s1. The molecule has 2 saturated heterocycles. The molecule has 0 aromatic heterocycles. The number of likely N-dealkylation sites (tertiary alicyclic amines) is 1. The fraction of sp³-hybridized carbons (Fsp3) is 0.591. The molecule has 2 fully saturated rings. The average Bonchev–Trinajstić information content (AvgIpc) is 2.97. The summed E-state index contributed by atoms with van der Waals surface area (Å²) < 4.78 is 0. The number of hydrogen-bond donors (Lipinski definition) is 1. The Bertz CT molecular complexity index is 819. The third-order valence-electron chi connectivity index (χ3n) is 6.46. The predicted molar refractivity (Wildman–Crippen MR) is 106 cm³/mol. The molecule has 6 nitrogen and oxygen atoms in total. The van der Waals surface area contributed by atoms with E-state index in [2.05, 4.69) is 43.1 Å². The lowest BCUT2D eigenvalue weighted by Gasteiger charge is -2.41. The van der Waals surface area contributed by atoms with Gasteiger partial charge in [-0.05, 0) is 76.2 Å². The van der Waals surface area contributed by atoms with E-state index in [9.17, 15) is 14.4 Å². The van der Waals surface area contributed by atoms with E-state index in [0.29, 0.717) is 24.4 Å². The van der Waals surface area contributed by atoms with Gasteiger partial charge in [0.15, 0.2) is 0 Å². The Kier molecular flexibility index (Phi) is 4.78. The maximum absolute atomic E-state index is 12.8. The maximum Gasteiger partial charge on any atom is 0.255 e. The first kappa shape index (κ1) is 19.1. The molecular weight excluding hydrogens is 354 g/mol. The molecular formula is C22H29N3O3. The fourth-order valence-corrected chi connectivity index (χ4v) is 4.73. The van der Waals surface area contributed by atoms with Gasteiger partial charge in [-0.15, -0.1) is 0 Å². The summed E-state index contributed by atoms with van der Waals surface area (Å²) in [6.07, 6.45) is 2.94. The molecule has 0 bridgehead atoms. The lowest BCUT2D eigenvalue weighted by Crippen LogP contribution is -2.52. The van der Waals surface area contributed by atoms with Gasteiger partial charge in [-0.2, -0.15) is 0 Å². The van der Waals surface area contributed by atoms with Gasteiger partial charge in [0.25, 0.3) is 5.91 Å². The van der Waals surface area contributed by atoms with E-state index < -0.39 is 6.04 Å². The zero-order valence-corrected chi connectivity index (χ0v) is 17.0. The number of carbonyl (C=O) groups excluding carboxylic acids is 3. The summed E-state index contributed by atoms with van der Waals surface area (Å²) in [5.74, 6) is -0.191. The van der Waals surface area contributed by atoms with Crippen LogP contribution in [0.2, 0.25) is 0 Å². The van der Waals surface area contributed by atoms with Crippen LogP contribution in [-0.4, -0.2) is 52.2 Å². The van der Waals surface area contributed by atoms with E-state index in [1.165, 1.54) is 5.56 Å². The molecule has 0 unspecified atom stereocenters. The Morgan fingerprint density at radius 1 is 1.04 bits per heavy atom. The smallest absolute Gasteiger partial charge is 0.255 e. The van der Waals surface area contributed by atoms with Crippen molar-refractivity contribution >= 4 is 17.7 Å². The number of piperidine rings is 2. The molecule has 3 amide bonds. The third-order valence-corrected chi connectivity index (χ3v) is 6.46. The molecule has 4 rings (SSSR count). The minimum atomic E-state index is -0.545. The number of hydrogen-bond acceptors (Lipinski definition) is 4. The SMILES string of the molecule is CC(C)(C)N1CCC(c2ccc3c(c2)CN([C@H]2CCC(=O)NC2=O)C3=O)CC1. The zero-order chi connectivity index (χ0) is 20.1. The van der Waals surface area contributed by atoms with Crippen molar-refractivity contribution in [1.82, 2.24) is 15.1 Å². The number of rotatable bonds is 2. The number of benzene rings is 1. The Balaban J connectivity index is 1.47. The molecule has 3 aliphatic rings. The first-order valence-corrected chi connectivity index (χ1v) is 10.3. The Labute approximate surface area is 166 Å². The minimum Gasteiger partial charge on any atom is -0.322 e. The molecule has 3 aliphatic heterocycles. The molecule has 0 radical (unpaired) electrons. The molecule has 28 heavy (non-hydrogen) atoms. The molecule has 0 spiro atoms. The number of amides is 3. The van der Waals surface area contributed by atoms with Crippen LogP contribution in [0.3, 0.4) is 0 Å². The van der Waals surface area contributed by atoms with Crippen molar-refractivity contribution < 1.29 is 14.4 Å². The first-order chi connectivity index (χ1) is 13.2. The minimum absolute atomic E-state index is 0.0985. The molecule has 6 heteroatoms. The molecule has 150 valence electrons. The van der Waals surface area contributed by atoms with Gasteiger partial charge in [-0.3, -0.25) is 24.6 Å². The van der Waals surface area contributed by atoms with Gasteiger partial charge in [-0.1, -0.05) is 12.1 Å². The van der Waals surface area contributed by atoms with E-state index >= 15 is 0 Å². The largest absolute Gasteiger partial charge is 0.322 e. The van der Waals surface area contributed by atoms with Gasteiger partial charge >= 0.3 is 0 Å². The summed E-state index contributed by atoms with van der Waals surface area (Å²) in [5, 5.41) is 2.36. The first-order valence-electron chi connectivity index (χ1n) is 10.3. The monoisotopic (exact) mass is 383 g/mol. The van der Waals surface area contributed by atoms with Gasteiger partial charge < -0.3 is 4.90 Å². The van der Waals surface area contributed by atoms with Crippen LogP contribution in [0.25, 0.3) is 0 Å². The molecule has 1 aromatic rings. The highest BCUT2D eigenvalue weighted by Gasteiger charge is 2.39. The van der Waals surface area contributed by atoms with Crippen LogP contribution in [0, 0.1) is 0 Å². The lowest BCUT2D eigenvalue weighted by molar-refractivity contribution is -0.136. The van der Waals surface area contributed by atoms with E-state index in [0.717, 1.165) is 31.5 Å². The Hall–Kier alpha value is -2.21. The van der Waals surface area contributed by atoms with E-state index in [1.807, 2.05) is 6.07 Å². The highest BCUT2D eigenvalue weighted by Crippen LogP contribution is 2.34. The second kappa shape index (κ2) is 6.99. The highest BCUT2D eigenvalue weighted by atomic mass is 16.2. The second-order valence-corrected chi connectivity index (χ2v) is 9.25. The Morgan fingerprint density at radius 3 is 2.39 bits per heavy atom. The summed E-state index contributed by atoms with van der Waals surface area (Å²) >= 11 is 0. The van der Waals surface area contributed by atoms with Crippen LogP contribution in [0.15, 0.2) is 18.2 Å². The third kappa shape index (κ3) is 3.46. The molecule has 0 saturated carbocycles. The van der Waals surface area contributed by atoms with Gasteiger partial charge in [0.1, 0.15) is 6.04 Å². The number of fused-ring (bicyclic) bond motifs is 1. The topological polar surface area (TPSA) is 69.7 Å². The van der Waals surface area contributed by atoms with Crippen LogP contribution in [0.4, 0.5) is 0 Å². The van der Waals surface area contributed by atoms with Crippen molar-refractivity contribution in [3.8, 4) is 0 Å². The summed E-state index contributed by atoms with van der Waals surface area (Å²) in [4.78, 5) is 40.6. The molecule has 1 N–H and O–H groups in total. The van der Waals surface area contributed by atoms with E-state index in [1.54, 1.807) is 4.90 Å². The van der Waals surface area contributed by atoms with Crippen molar-refractivity contribution in [3.63, 3.8) is 0 Å².